The van der Waals surface area contributed by atoms with E-state index in [-0.39, 0.29) is 42.5 Å². The summed E-state index contributed by atoms with van der Waals surface area (Å²) < 4.78 is 39.9. The predicted octanol–water partition coefficient (Wildman–Crippen LogP) is 2.09. The Kier molecular flexibility index (Phi) is 7.70. The number of carbonyl (C=O) groups is 3. The lowest BCUT2D eigenvalue weighted by atomic mass is 10.2. The second-order valence-electron chi connectivity index (χ2n) is 7.42. The first kappa shape index (κ1) is 24.7. The fraction of sp³-hybridized carbons (Fsp3) is 0.318. The highest BCUT2D eigenvalue weighted by molar-refractivity contribution is 7.92. The van der Waals surface area contributed by atoms with Crippen LogP contribution >= 0.6 is 11.6 Å². The summed E-state index contributed by atoms with van der Waals surface area (Å²) in [7, 11) is -4.41. The monoisotopic (exact) mass is 495 g/mol. The van der Waals surface area contributed by atoms with E-state index in [0.717, 1.165) is 24.3 Å². The molecule has 0 saturated carbocycles. The summed E-state index contributed by atoms with van der Waals surface area (Å²) in [5.41, 5.74) is 0.116. The van der Waals surface area contributed by atoms with Crippen molar-refractivity contribution < 1.29 is 27.2 Å². The van der Waals surface area contributed by atoms with E-state index in [0.29, 0.717) is 11.4 Å². The fourth-order valence-corrected chi connectivity index (χ4v) is 4.99. The molecule has 0 radical (unpaired) electrons. The Morgan fingerprint density at radius 2 is 1.52 bits per heavy atom. The standard InChI is InChI=1S/C22H23ClFN3O5S/c1-2-19(28)26-11-13-27(14-12-26)22(30)21(25-20(29)15-3-5-16(23)6-4-15)33(31,32)18-9-7-17(24)8-10-18/h3-10,21H,2,11-14H2,1H3,(H,25,29)/t21-/m0/s1. The lowest BCUT2D eigenvalue weighted by Gasteiger charge is -2.36. The van der Waals surface area contributed by atoms with Crippen LogP contribution < -0.4 is 5.32 Å². The molecule has 0 bridgehead atoms. The summed E-state index contributed by atoms with van der Waals surface area (Å²) in [5, 5.41) is 0.769. The molecule has 0 unspecified atom stereocenters. The molecule has 1 aliphatic rings. The van der Waals surface area contributed by atoms with Gasteiger partial charge in [0, 0.05) is 43.2 Å². The minimum Gasteiger partial charge on any atom is -0.339 e. The van der Waals surface area contributed by atoms with Gasteiger partial charge in [-0.25, -0.2) is 12.8 Å². The molecule has 1 heterocycles. The van der Waals surface area contributed by atoms with Crippen LogP contribution in [0.3, 0.4) is 0 Å². The number of rotatable bonds is 6. The smallest absolute Gasteiger partial charge is 0.261 e. The maximum atomic E-state index is 13.3. The third kappa shape index (κ3) is 5.69. The van der Waals surface area contributed by atoms with Gasteiger partial charge in [0.05, 0.1) is 4.90 Å². The SMILES string of the molecule is CCC(=O)N1CCN(C(=O)[C@@H](NC(=O)c2ccc(Cl)cc2)S(=O)(=O)c2ccc(F)cc2)CC1. The maximum Gasteiger partial charge on any atom is 0.261 e. The van der Waals surface area contributed by atoms with Gasteiger partial charge in [0.25, 0.3) is 11.8 Å². The minimum absolute atomic E-state index is 0.0615. The Bertz CT molecular complexity index is 1130. The van der Waals surface area contributed by atoms with Crippen molar-refractivity contribution in [2.75, 3.05) is 26.2 Å². The van der Waals surface area contributed by atoms with E-state index in [1.807, 2.05) is 0 Å². The molecule has 3 rings (SSSR count). The van der Waals surface area contributed by atoms with Gasteiger partial charge in [0.15, 0.2) is 0 Å². The topological polar surface area (TPSA) is 104 Å². The number of piperazine rings is 1. The van der Waals surface area contributed by atoms with Crippen molar-refractivity contribution in [2.24, 2.45) is 0 Å². The molecule has 3 amide bonds. The molecule has 1 saturated heterocycles. The highest BCUT2D eigenvalue weighted by Gasteiger charge is 2.39. The van der Waals surface area contributed by atoms with Gasteiger partial charge in [-0.05, 0) is 48.5 Å². The molecule has 176 valence electrons. The number of hydrogen-bond donors (Lipinski definition) is 1. The number of benzene rings is 2. The number of halogens is 2. The normalized spacial score (nSPS) is 15.1. The molecule has 2 aromatic carbocycles. The number of nitrogens with zero attached hydrogens (tertiary/aromatic N) is 2. The molecule has 11 heteroatoms. The zero-order valence-corrected chi connectivity index (χ0v) is 19.4. The van der Waals surface area contributed by atoms with Crippen molar-refractivity contribution in [1.29, 1.82) is 0 Å². The van der Waals surface area contributed by atoms with Crippen LogP contribution in [0.2, 0.25) is 5.02 Å². The molecule has 0 aliphatic carbocycles. The number of carbonyl (C=O) groups excluding carboxylic acids is 3. The van der Waals surface area contributed by atoms with Gasteiger partial charge in [-0.15, -0.1) is 0 Å². The van der Waals surface area contributed by atoms with Gasteiger partial charge >= 0.3 is 0 Å². The Balaban J connectivity index is 1.88. The molecule has 0 aromatic heterocycles. The molecule has 8 nitrogen and oxygen atoms in total. The van der Waals surface area contributed by atoms with Gasteiger partial charge in [-0.1, -0.05) is 18.5 Å². The quantitative estimate of drug-likeness (QED) is 0.618. The van der Waals surface area contributed by atoms with E-state index >= 15 is 0 Å². The molecule has 0 spiro atoms. The number of nitrogens with one attached hydrogen (secondary N) is 1. The third-order valence-electron chi connectivity index (χ3n) is 5.29. The molecule has 1 N–H and O–H groups in total. The van der Waals surface area contributed by atoms with Crippen molar-refractivity contribution in [3.63, 3.8) is 0 Å². The van der Waals surface area contributed by atoms with E-state index in [2.05, 4.69) is 5.32 Å². The van der Waals surface area contributed by atoms with Crippen LogP contribution in [-0.4, -0.2) is 67.5 Å². The fourth-order valence-electron chi connectivity index (χ4n) is 3.40. The number of hydrogen-bond acceptors (Lipinski definition) is 5. The van der Waals surface area contributed by atoms with E-state index in [9.17, 15) is 27.2 Å². The summed E-state index contributed by atoms with van der Waals surface area (Å²) in [5.74, 6) is -2.31. The van der Waals surface area contributed by atoms with Crippen molar-refractivity contribution in [2.45, 2.75) is 23.6 Å². The minimum atomic E-state index is -4.41. The summed E-state index contributed by atoms with van der Waals surface area (Å²) >= 11 is 5.84. The molecule has 1 atom stereocenters. The summed E-state index contributed by atoms with van der Waals surface area (Å²) in [4.78, 5) is 40.5. The molecule has 1 fully saturated rings. The van der Waals surface area contributed by atoms with Gasteiger partial charge in [0.2, 0.25) is 21.1 Å². The Morgan fingerprint density at radius 1 is 0.970 bits per heavy atom. The van der Waals surface area contributed by atoms with Crippen LogP contribution in [-0.2, 0) is 19.4 Å². The maximum absolute atomic E-state index is 13.3. The van der Waals surface area contributed by atoms with Crippen molar-refractivity contribution in [1.82, 2.24) is 15.1 Å². The van der Waals surface area contributed by atoms with Crippen LogP contribution in [0.5, 0.6) is 0 Å². The number of amides is 3. The first-order valence-electron chi connectivity index (χ1n) is 10.3. The highest BCUT2D eigenvalue weighted by atomic mass is 35.5. The first-order valence-corrected chi connectivity index (χ1v) is 12.2. The van der Waals surface area contributed by atoms with Crippen LogP contribution in [0.1, 0.15) is 23.7 Å². The van der Waals surface area contributed by atoms with E-state index in [1.165, 1.54) is 29.2 Å². The largest absolute Gasteiger partial charge is 0.339 e. The van der Waals surface area contributed by atoms with Gasteiger partial charge in [0.1, 0.15) is 5.82 Å². The average Bonchev–Trinajstić information content (AvgIpc) is 2.82. The lowest BCUT2D eigenvalue weighted by molar-refractivity contribution is -0.139. The Hall–Kier alpha value is -2.98. The van der Waals surface area contributed by atoms with Gasteiger partial charge in [-0.2, -0.15) is 0 Å². The van der Waals surface area contributed by atoms with Crippen LogP contribution in [0.25, 0.3) is 0 Å². The van der Waals surface area contributed by atoms with Crippen LogP contribution in [0.15, 0.2) is 53.4 Å². The van der Waals surface area contributed by atoms with E-state index in [4.69, 9.17) is 11.6 Å². The second-order valence-corrected chi connectivity index (χ2v) is 9.89. The van der Waals surface area contributed by atoms with Gasteiger partial charge < -0.3 is 15.1 Å². The van der Waals surface area contributed by atoms with E-state index < -0.39 is 32.8 Å². The summed E-state index contributed by atoms with van der Waals surface area (Å²) in [6.45, 7) is 2.49. The zero-order chi connectivity index (χ0) is 24.2. The second kappa shape index (κ2) is 10.3. The lowest BCUT2D eigenvalue weighted by Crippen LogP contribution is -2.57. The summed E-state index contributed by atoms with van der Waals surface area (Å²) in [6, 6.07) is 9.73. The molecule has 33 heavy (non-hydrogen) atoms. The van der Waals surface area contributed by atoms with Crippen molar-refractivity contribution in [3.05, 3.63) is 64.9 Å². The molecule has 2 aromatic rings. The van der Waals surface area contributed by atoms with Gasteiger partial charge in [-0.3, -0.25) is 14.4 Å². The van der Waals surface area contributed by atoms with Crippen molar-refractivity contribution >= 4 is 39.2 Å². The highest BCUT2D eigenvalue weighted by Crippen LogP contribution is 2.19. The average molecular weight is 496 g/mol. The Morgan fingerprint density at radius 3 is 2.06 bits per heavy atom. The predicted molar refractivity (Wildman–Crippen MR) is 120 cm³/mol. The van der Waals surface area contributed by atoms with Crippen molar-refractivity contribution in [3.8, 4) is 0 Å². The third-order valence-corrected chi connectivity index (χ3v) is 7.41. The molecular weight excluding hydrogens is 473 g/mol. The van der Waals surface area contributed by atoms with Crippen LogP contribution in [0, 0.1) is 5.82 Å². The van der Waals surface area contributed by atoms with E-state index in [1.54, 1.807) is 11.8 Å². The first-order chi connectivity index (χ1) is 15.6. The Labute approximate surface area is 196 Å². The summed E-state index contributed by atoms with van der Waals surface area (Å²) in [6.07, 6.45) is 0.326. The number of sulfone groups is 1. The zero-order valence-electron chi connectivity index (χ0n) is 17.8. The molecule has 1 aliphatic heterocycles. The van der Waals surface area contributed by atoms with Crippen LogP contribution in [0.4, 0.5) is 4.39 Å². The molecular formula is C22H23ClFN3O5S.